The molecule has 0 aliphatic heterocycles. The van der Waals surface area contributed by atoms with E-state index in [-0.39, 0.29) is 11.4 Å². The smallest absolute Gasteiger partial charge is 0.279 e. The van der Waals surface area contributed by atoms with Crippen molar-refractivity contribution in [3.05, 3.63) is 46.2 Å². The van der Waals surface area contributed by atoms with E-state index in [1.807, 2.05) is 31.2 Å². The maximum absolute atomic E-state index is 11.6. The SMILES string of the molecule is Cc1cccc(-c2nn3c(=O)cc(O)nc3s2)c1. The summed E-state index contributed by atoms with van der Waals surface area (Å²) < 4.78 is 1.20. The van der Waals surface area contributed by atoms with E-state index in [0.717, 1.165) is 17.2 Å². The molecule has 1 N–H and O–H groups in total. The molecular formula is C12H9N3O2S. The minimum Gasteiger partial charge on any atom is -0.493 e. The van der Waals surface area contributed by atoms with Crippen LogP contribution in [-0.2, 0) is 0 Å². The Bertz CT molecular complexity index is 791. The molecule has 2 heterocycles. The van der Waals surface area contributed by atoms with Crippen LogP contribution in [0.15, 0.2) is 35.1 Å². The molecule has 0 atom stereocenters. The molecule has 18 heavy (non-hydrogen) atoms. The third kappa shape index (κ3) is 1.76. The van der Waals surface area contributed by atoms with Gasteiger partial charge in [-0.1, -0.05) is 35.1 Å². The number of aryl methyl sites for hydroxylation is 1. The summed E-state index contributed by atoms with van der Waals surface area (Å²) in [5.41, 5.74) is 1.67. The van der Waals surface area contributed by atoms with Gasteiger partial charge in [-0.2, -0.15) is 14.6 Å². The van der Waals surface area contributed by atoms with E-state index in [0.29, 0.717) is 9.97 Å². The van der Waals surface area contributed by atoms with Gasteiger partial charge in [-0.25, -0.2) is 0 Å². The second kappa shape index (κ2) is 3.92. The molecule has 3 aromatic rings. The molecule has 0 saturated carbocycles. The van der Waals surface area contributed by atoms with Crippen LogP contribution in [0.25, 0.3) is 15.5 Å². The van der Waals surface area contributed by atoms with Gasteiger partial charge in [0.25, 0.3) is 5.56 Å². The summed E-state index contributed by atoms with van der Waals surface area (Å²) in [4.78, 5) is 15.9. The monoisotopic (exact) mass is 259 g/mol. The van der Waals surface area contributed by atoms with E-state index in [1.165, 1.54) is 15.9 Å². The Kier molecular flexibility index (Phi) is 2.38. The molecule has 1 aromatic carbocycles. The number of aromatic nitrogens is 3. The maximum Gasteiger partial charge on any atom is 0.279 e. The van der Waals surface area contributed by atoms with E-state index in [2.05, 4.69) is 10.1 Å². The molecule has 0 saturated heterocycles. The van der Waals surface area contributed by atoms with Crippen LogP contribution >= 0.6 is 11.3 Å². The average Bonchev–Trinajstić information content (AvgIpc) is 2.73. The molecule has 0 radical (unpaired) electrons. The molecule has 5 nitrogen and oxygen atoms in total. The lowest BCUT2D eigenvalue weighted by atomic mass is 10.1. The second-order valence-electron chi connectivity index (χ2n) is 3.92. The molecule has 90 valence electrons. The van der Waals surface area contributed by atoms with Crippen LogP contribution in [-0.4, -0.2) is 19.7 Å². The van der Waals surface area contributed by atoms with Crippen LogP contribution in [0, 0.1) is 6.92 Å². The minimum atomic E-state index is -0.382. The zero-order valence-corrected chi connectivity index (χ0v) is 10.3. The maximum atomic E-state index is 11.6. The van der Waals surface area contributed by atoms with E-state index < -0.39 is 0 Å². The highest BCUT2D eigenvalue weighted by Gasteiger charge is 2.10. The third-order valence-corrected chi connectivity index (χ3v) is 3.45. The van der Waals surface area contributed by atoms with Crippen molar-refractivity contribution in [2.24, 2.45) is 0 Å². The van der Waals surface area contributed by atoms with Gasteiger partial charge in [0.1, 0.15) is 5.01 Å². The standard InChI is InChI=1S/C12H9N3O2S/c1-7-3-2-4-8(5-7)11-14-15-10(17)6-9(16)13-12(15)18-11/h2-6,16H,1H3. The molecule has 0 spiro atoms. The lowest BCUT2D eigenvalue weighted by Gasteiger charge is -1.95. The third-order valence-electron chi connectivity index (χ3n) is 2.50. The van der Waals surface area contributed by atoms with Crippen molar-refractivity contribution in [1.82, 2.24) is 14.6 Å². The van der Waals surface area contributed by atoms with Gasteiger partial charge in [0.05, 0.1) is 6.07 Å². The summed E-state index contributed by atoms with van der Waals surface area (Å²) in [6, 6.07) is 8.89. The van der Waals surface area contributed by atoms with Gasteiger partial charge in [-0.15, -0.1) is 0 Å². The largest absolute Gasteiger partial charge is 0.493 e. The Hall–Kier alpha value is -2.21. The fraction of sp³-hybridized carbons (Fsp3) is 0.0833. The average molecular weight is 259 g/mol. The molecule has 0 fully saturated rings. The first-order valence-corrected chi connectivity index (χ1v) is 6.12. The van der Waals surface area contributed by atoms with Crippen molar-refractivity contribution in [1.29, 1.82) is 0 Å². The molecule has 0 aliphatic rings. The Morgan fingerprint density at radius 3 is 2.94 bits per heavy atom. The number of benzene rings is 1. The number of rotatable bonds is 1. The highest BCUT2D eigenvalue weighted by atomic mass is 32.1. The van der Waals surface area contributed by atoms with Crippen molar-refractivity contribution in [2.75, 3.05) is 0 Å². The number of hydrogen-bond donors (Lipinski definition) is 1. The zero-order valence-electron chi connectivity index (χ0n) is 9.49. The van der Waals surface area contributed by atoms with E-state index in [4.69, 9.17) is 0 Å². The van der Waals surface area contributed by atoms with Gasteiger partial charge >= 0.3 is 0 Å². The lowest BCUT2D eigenvalue weighted by molar-refractivity contribution is 0.452. The number of aromatic hydroxyl groups is 1. The molecule has 0 amide bonds. The van der Waals surface area contributed by atoms with Crippen LogP contribution in [0.5, 0.6) is 5.88 Å². The predicted octanol–water partition coefficient (Wildman–Crippen LogP) is 1.83. The molecule has 0 bridgehead atoms. The van der Waals surface area contributed by atoms with Crippen molar-refractivity contribution in [3.8, 4) is 16.5 Å². The van der Waals surface area contributed by atoms with Gasteiger partial charge in [0, 0.05) is 5.56 Å². The summed E-state index contributed by atoms with van der Waals surface area (Å²) in [5.74, 6) is -0.278. The number of fused-ring (bicyclic) bond motifs is 1. The number of nitrogens with zero attached hydrogens (tertiary/aromatic N) is 3. The highest BCUT2D eigenvalue weighted by molar-refractivity contribution is 7.19. The van der Waals surface area contributed by atoms with Crippen LogP contribution in [0.1, 0.15) is 5.56 Å². The molecule has 3 rings (SSSR count). The Balaban J connectivity index is 2.26. The van der Waals surface area contributed by atoms with Gasteiger partial charge in [0.2, 0.25) is 10.8 Å². The van der Waals surface area contributed by atoms with E-state index in [9.17, 15) is 9.90 Å². The van der Waals surface area contributed by atoms with Gasteiger partial charge in [0.15, 0.2) is 0 Å². The van der Waals surface area contributed by atoms with Crippen LogP contribution < -0.4 is 5.56 Å². The summed E-state index contributed by atoms with van der Waals surface area (Å²) in [6.45, 7) is 1.99. The topological polar surface area (TPSA) is 67.5 Å². The zero-order chi connectivity index (χ0) is 12.7. The molecule has 6 heteroatoms. The fourth-order valence-electron chi connectivity index (χ4n) is 1.69. The Morgan fingerprint density at radius 1 is 1.33 bits per heavy atom. The predicted molar refractivity (Wildman–Crippen MR) is 69.0 cm³/mol. The van der Waals surface area contributed by atoms with Crippen LogP contribution in [0.3, 0.4) is 0 Å². The van der Waals surface area contributed by atoms with Crippen LogP contribution in [0.2, 0.25) is 0 Å². The summed E-state index contributed by atoms with van der Waals surface area (Å²) in [5, 5.41) is 14.2. The summed E-state index contributed by atoms with van der Waals surface area (Å²) >= 11 is 1.27. The van der Waals surface area contributed by atoms with Crippen molar-refractivity contribution in [3.63, 3.8) is 0 Å². The first-order valence-electron chi connectivity index (χ1n) is 5.30. The molecule has 0 aliphatic carbocycles. The normalized spacial score (nSPS) is 10.9. The highest BCUT2D eigenvalue weighted by Crippen LogP contribution is 2.25. The summed E-state index contributed by atoms with van der Waals surface area (Å²) in [7, 11) is 0. The molecule has 2 aromatic heterocycles. The molecular weight excluding hydrogens is 250 g/mol. The lowest BCUT2D eigenvalue weighted by Crippen LogP contribution is -2.12. The van der Waals surface area contributed by atoms with Crippen molar-refractivity contribution in [2.45, 2.75) is 6.92 Å². The number of hydrogen-bond acceptors (Lipinski definition) is 5. The Morgan fingerprint density at radius 2 is 2.17 bits per heavy atom. The first kappa shape index (κ1) is 10.9. The second-order valence-corrected chi connectivity index (χ2v) is 4.88. The van der Waals surface area contributed by atoms with Crippen molar-refractivity contribution < 1.29 is 5.11 Å². The quantitative estimate of drug-likeness (QED) is 0.724. The first-order chi connectivity index (χ1) is 8.63. The summed E-state index contributed by atoms with van der Waals surface area (Å²) in [6.07, 6.45) is 0. The van der Waals surface area contributed by atoms with Gasteiger partial charge < -0.3 is 5.11 Å². The Labute approximate surface area is 106 Å². The minimum absolute atomic E-state index is 0.278. The van der Waals surface area contributed by atoms with Gasteiger partial charge in [-0.05, 0) is 13.0 Å². The molecule has 0 unspecified atom stereocenters. The van der Waals surface area contributed by atoms with Crippen LogP contribution in [0.4, 0.5) is 0 Å². The van der Waals surface area contributed by atoms with Crippen molar-refractivity contribution >= 4 is 16.3 Å². The van der Waals surface area contributed by atoms with Gasteiger partial charge in [-0.3, -0.25) is 4.79 Å². The van der Waals surface area contributed by atoms with E-state index >= 15 is 0 Å². The fourth-order valence-corrected chi connectivity index (χ4v) is 2.59. The van der Waals surface area contributed by atoms with E-state index in [1.54, 1.807) is 0 Å².